The first-order valence-corrected chi connectivity index (χ1v) is 11.4. The summed E-state index contributed by atoms with van der Waals surface area (Å²) in [5.41, 5.74) is 3.36. The Hall–Kier alpha value is -2.82. The molecule has 0 heterocycles. The Morgan fingerprint density at radius 2 is 1.72 bits per heavy atom. The third-order valence-electron chi connectivity index (χ3n) is 5.33. The van der Waals surface area contributed by atoms with Gasteiger partial charge in [-0.1, -0.05) is 69.7 Å². The second-order valence-corrected chi connectivity index (χ2v) is 9.66. The summed E-state index contributed by atoms with van der Waals surface area (Å²) in [5.74, 6) is 0.289. The maximum absolute atomic E-state index is 13.2. The number of rotatable bonds is 9. The van der Waals surface area contributed by atoms with E-state index >= 15 is 0 Å². The fourth-order valence-corrected chi connectivity index (χ4v) is 3.59. The van der Waals surface area contributed by atoms with Crippen LogP contribution in [0.5, 0.6) is 5.75 Å². The Bertz CT molecular complexity index is 898. The second kappa shape index (κ2) is 11.2. The summed E-state index contributed by atoms with van der Waals surface area (Å²) in [6.45, 7) is 14.5. The molecule has 1 N–H and O–H groups in total. The minimum Gasteiger partial charge on any atom is -0.484 e. The molecule has 2 rings (SSSR count). The maximum Gasteiger partial charge on any atom is 0.261 e. The van der Waals surface area contributed by atoms with Crippen LogP contribution in [0, 0.1) is 6.92 Å². The van der Waals surface area contributed by atoms with Crippen LogP contribution < -0.4 is 10.1 Å². The van der Waals surface area contributed by atoms with Gasteiger partial charge in [-0.15, -0.1) is 0 Å². The SMILES string of the molecule is CCC(C(=O)NC(C)C)N(Cc1cccc(C)c1)C(=O)COc1ccc(C(C)(C)C)cc1. The van der Waals surface area contributed by atoms with E-state index in [1.807, 2.05) is 76.2 Å². The standard InChI is InChI=1S/C27H38N2O3/c1-8-24(26(31)28-19(2)3)29(17-21-11-9-10-20(4)16-21)25(30)18-32-23-14-12-22(13-15-23)27(5,6)7/h9-16,19,24H,8,17-18H2,1-7H3,(H,28,31). The predicted octanol–water partition coefficient (Wildman–Crippen LogP) is 5.00. The quantitative estimate of drug-likeness (QED) is 0.599. The van der Waals surface area contributed by atoms with Gasteiger partial charge in [0, 0.05) is 12.6 Å². The van der Waals surface area contributed by atoms with Crippen molar-refractivity contribution in [1.82, 2.24) is 10.2 Å². The molecule has 2 aromatic rings. The summed E-state index contributed by atoms with van der Waals surface area (Å²) in [6.07, 6.45) is 0.524. The molecule has 0 spiro atoms. The Morgan fingerprint density at radius 1 is 1.06 bits per heavy atom. The Morgan fingerprint density at radius 3 is 2.25 bits per heavy atom. The van der Waals surface area contributed by atoms with Crippen LogP contribution >= 0.6 is 0 Å². The van der Waals surface area contributed by atoms with E-state index in [0.717, 1.165) is 11.1 Å². The van der Waals surface area contributed by atoms with Crippen LogP contribution in [0.2, 0.25) is 0 Å². The molecule has 1 atom stereocenters. The van der Waals surface area contributed by atoms with Gasteiger partial charge in [-0.25, -0.2) is 0 Å². The molecule has 0 aliphatic carbocycles. The molecule has 0 aromatic heterocycles. The van der Waals surface area contributed by atoms with Gasteiger partial charge in [-0.05, 0) is 55.9 Å². The topological polar surface area (TPSA) is 58.6 Å². The average Bonchev–Trinajstić information content (AvgIpc) is 2.71. The highest BCUT2D eigenvalue weighted by Crippen LogP contribution is 2.24. The summed E-state index contributed by atoms with van der Waals surface area (Å²) in [6, 6.07) is 15.3. The molecule has 0 aliphatic heterocycles. The number of aryl methyl sites for hydroxylation is 1. The number of carbonyl (C=O) groups is 2. The van der Waals surface area contributed by atoms with Gasteiger partial charge in [-0.3, -0.25) is 9.59 Å². The van der Waals surface area contributed by atoms with Crippen LogP contribution in [0.4, 0.5) is 0 Å². The molecule has 2 aromatic carbocycles. The lowest BCUT2D eigenvalue weighted by molar-refractivity contribution is -0.143. The van der Waals surface area contributed by atoms with Crippen LogP contribution in [0.1, 0.15) is 64.7 Å². The van der Waals surface area contributed by atoms with E-state index in [2.05, 4.69) is 26.1 Å². The fourth-order valence-electron chi connectivity index (χ4n) is 3.59. The highest BCUT2D eigenvalue weighted by atomic mass is 16.5. The van der Waals surface area contributed by atoms with Crippen LogP contribution in [-0.2, 0) is 21.5 Å². The summed E-state index contributed by atoms with van der Waals surface area (Å²) in [5, 5.41) is 2.95. The van der Waals surface area contributed by atoms with Gasteiger partial charge < -0.3 is 15.0 Å². The molecule has 0 saturated carbocycles. The molecular weight excluding hydrogens is 400 g/mol. The monoisotopic (exact) mass is 438 g/mol. The number of amides is 2. The third kappa shape index (κ3) is 7.40. The molecule has 32 heavy (non-hydrogen) atoms. The summed E-state index contributed by atoms with van der Waals surface area (Å²) >= 11 is 0. The first-order chi connectivity index (χ1) is 15.0. The molecule has 0 radical (unpaired) electrons. The number of nitrogens with one attached hydrogen (secondary N) is 1. The molecule has 0 fully saturated rings. The molecule has 5 nitrogen and oxygen atoms in total. The minimum atomic E-state index is -0.558. The maximum atomic E-state index is 13.2. The average molecular weight is 439 g/mol. The lowest BCUT2D eigenvalue weighted by Crippen LogP contribution is -2.51. The van der Waals surface area contributed by atoms with Gasteiger partial charge in [0.15, 0.2) is 6.61 Å². The molecule has 0 aliphatic rings. The molecule has 2 amide bonds. The molecule has 0 bridgehead atoms. The van der Waals surface area contributed by atoms with Crippen molar-refractivity contribution >= 4 is 11.8 Å². The molecular formula is C27H38N2O3. The molecule has 0 saturated heterocycles. The van der Waals surface area contributed by atoms with Crippen molar-refractivity contribution in [2.24, 2.45) is 0 Å². The Balaban J connectivity index is 2.19. The van der Waals surface area contributed by atoms with Gasteiger partial charge in [0.05, 0.1) is 0 Å². The second-order valence-electron chi connectivity index (χ2n) is 9.66. The summed E-state index contributed by atoms with van der Waals surface area (Å²) in [4.78, 5) is 27.7. The minimum absolute atomic E-state index is 0.00468. The van der Waals surface area contributed by atoms with Gasteiger partial charge in [0.1, 0.15) is 11.8 Å². The van der Waals surface area contributed by atoms with Crippen molar-refractivity contribution in [3.63, 3.8) is 0 Å². The van der Waals surface area contributed by atoms with Crippen molar-refractivity contribution in [1.29, 1.82) is 0 Å². The fraction of sp³-hybridized carbons (Fsp3) is 0.481. The van der Waals surface area contributed by atoms with Crippen molar-refractivity contribution in [3.05, 3.63) is 65.2 Å². The first-order valence-electron chi connectivity index (χ1n) is 11.4. The normalized spacial score (nSPS) is 12.4. The highest BCUT2D eigenvalue weighted by molar-refractivity contribution is 5.88. The zero-order valence-corrected chi connectivity index (χ0v) is 20.6. The number of benzene rings is 2. The van der Waals surface area contributed by atoms with Gasteiger partial charge in [0.2, 0.25) is 5.91 Å². The number of hydrogen-bond acceptors (Lipinski definition) is 3. The highest BCUT2D eigenvalue weighted by Gasteiger charge is 2.29. The van der Waals surface area contributed by atoms with E-state index in [-0.39, 0.29) is 29.9 Å². The Labute approximate surface area is 193 Å². The van der Waals surface area contributed by atoms with E-state index in [4.69, 9.17) is 4.74 Å². The smallest absolute Gasteiger partial charge is 0.261 e. The number of ether oxygens (including phenoxy) is 1. The van der Waals surface area contributed by atoms with Gasteiger partial charge in [0.25, 0.3) is 5.91 Å². The number of nitrogens with zero attached hydrogens (tertiary/aromatic N) is 1. The van der Waals surface area contributed by atoms with Gasteiger partial charge in [-0.2, -0.15) is 0 Å². The van der Waals surface area contributed by atoms with Crippen LogP contribution in [0.3, 0.4) is 0 Å². The van der Waals surface area contributed by atoms with Crippen molar-refractivity contribution in [3.8, 4) is 5.75 Å². The van der Waals surface area contributed by atoms with Gasteiger partial charge >= 0.3 is 0 Å². The van der Waals surface area contributed by atoms with E-state index < -0.39 is 6.04 Å². The van der Waals surface area contributed by atoms with Crippen molar-refractivity contribution in [2.75, 3.05) is 6.61 Å². The lowest BCUT2D eigenvalue weighted by Gasteiger charge is -2.31. The summed E-state index contributed by atoms with van der Waals surface area (Å²) in [7, 11) is 0. The summed E-state index contributed by atoms with van der Waals surface area (Å²) < 4.78 is 5.81. The van der Waals surface area contributed by atoms with Crippen molar-refractivity contribution in [2.45, 2.75) is 78.9 Å². The van der Waals surface area contributed by atoms with E-state index in [1.165, 1.54) is 5.56 Å². The molecule has 5 heteroatoms. The number of hydrogen-bond donors (Lipinski definition) is 1. The van der Waals surface area contributed by atoms with Crippen LogP contribution in [-0.4, -0.2) is 35.4 Å². The first kappa shape index (κ1) is 25.4. The van der Waals surface area contributed by atoms with Crippen LogP contribution in [0.15, 0.2) is 48.5 Å². The van der Waals surface area contributed by atoms with E-state index in [0.29, 0.717) is 18.7 Å². The molecule has 1 unspecified atom stereocenters. The van der Waals surface area contributed by atoms with Crippen LogP contribution in [0.25, 0.3) is 0 Å². The number of carbonyl (C=O) groups excluding carboxylic acids is 2. The lowest BCUT2D eigenvalue weighted by atomic mass is 9.87. The molecule has 174 valence electrons. The zero-order chi connectivity index (χ0) is 23.9. The zero-order valence-electron chi connectivity index (χ0n) is 20.6. The van der Waals surface area contributed by atoms with E-state index in [1.54, 1.807) is 4.90 Å². The van der Waals surface area contributed by atoms with Crippen molar-refractivity contribution < 1.29 is 14.3 Å². The van der Waals surface area contributed by atoms with E-state index in [9.17, 15) is 9.59 Å². The largest absolute Gasteiger partial charge is 0.484 e. The predicted molar refractivity (Wildman–Crippen MR) is 130 cm³/mol. The Kier molecular flexibility index (Phi) is 8.88. The third-order valence-corrected chi connectivity index (χ3v) is 5.33.